The Morgan fingerprint density at radius 1 is 1.31 bits per heavy atom. The lowest BCUT2D eigenvalue weighted by atomic mass is 10.1. The van der Waals surface area contributed by atoms with Crippen molar-refractivity contribution in [3.63, 3.8) is 0 Å². The lowest BCUT2D eigenvalue weighted by Crippen LogP contribution is -2.21. The molecule has 1 saturated heterocycles. The Bertz CT molecular complexity index is 978. The summed E-state index contributed by atoms with van der Waals surface area (Å²) in [5.74, 6) is 2.62. The van der Waals surface area contributed by atoms with Gasteiger partial charge in [-0.2, -0.15) is 11.8 Å². The molecule has 0 radical (unpaired) electrons. The van der Waals surface area contributed by atoms with E-state index in [4.69, 9.17) is 0 Å². The van der Waals surface area contributed by atoms with Crippen LogP contribution in [0.5, 0.6) is 0 Å². The van der Waals surface area contributed by atoms with Crippen LogP contribution in [-0.2, 0) is 6.54 Å². The fourth-order valence-electron chi connectivity index (χ4n) is 3.72. The maximum atomic E-state index is 12.5. The molecule has 4 rings (SSSR count). The van der Waals surface area contributed by atoms with Gasteiger partial charge < -0.3 is 15.4 Å². The average Bonchev–Trinajstić information content (AvgIpc) is 3.31. The summed E-state index contributed by atoms with van der Waals surface area (Å²) in [5, 5.41) is 13.2. The molecule has 3 aromatic rings. The monoisotopic (exact) mass is 411 g/mol. The third-order valence-electron chi connectivity index (χ3n) is 5.22. The molecule has 7 nitrogen and oxygen atoms in total. The highest BCUT2D eigenvalue weighted by Crippen LogP contribution is 2.27. The van der Waals surface area contributed by atoms with E-state index in [1.165, 1.54) is 6.33 Å². The van der Waals surface area contributed by atoms with Gasteiger partial charge in [-0.05, 0) is 23.6 Å². The first-order valence-corrected chi connectivity index (χ1v) is 11.0. The van der Waals surface area contributed by atoms with Gasteiger partial charge in [0.25, 0.3) is 5.91 Å². The second kappa shape index (κ2) is 8.94. The number of nitrogens with zero attached hydrogens (tertiary/aromatic N) is 3. The van der Waals surface area contributed by atoms with Crippen LogP contribution in [0.25, 0.3) is 11.0 Å². The highest BCUT2D eigenvalue weighted by atomic mass is 32.2. The summed E-state index contributed by atoms with van der Waals surface area (Å²) < 4.78 is 0. The van der Waals surface area contributed by atoms with E-state index in [2.05, 4.69) is 32.1 Å². The van der Waals surface area contributed by atoms with Crippen LogP contribution in [0.15, 0.2) is 42.9 Å². The number of anilines is 1. The highest BCUT2D eigenvalue weighted by Gasteiger charge is 2.31. The Labute approximate surface area is 173 Å². The van der Waals surface area contributed by atoms with E-state index in [9.17, 15) is 9.90 Å². The normalized spacial score (nSPS) is 19.7. The van der Waals surface area contributed by atoms with Crippen LogP contribution in [0.4, 0.5) is 5.82 Å². The molecule has 3 N–H and O–H groups in total. The molecular formula is C21H25N5O2S. The SMILES string of the molecule is CCSC[C@H]1CN(Cc2c[nH]c3c(NC(=O)c4ccccc4)ncnc23)C[C@@H]1O. The van der Waals surface area contributed by atoms with Crippen LogP contribution in [0.3, 0.4) is 0 Å². The van der Waals surface area contributed by atoms with Gasteiger partial charge in [-0.3, -0.25) is 9.69 Å². The zero-order valence-electron chi connectivity index (χ0n) is 16.3. The topological polar surface area (TPSA) is 94.1 Å². The van der Waals surface area contributed by atoms with Crippen molar-refractivity contribution in [2.24, 2.45) is 5.92 Å². The molecule has 1 amide bonds. The molecule has 0 unspecified atom stereocenters. The Balaban J connectivity index is 1.49. The summed E-state index contributed by atoms with van der Waals surface area (Å²) in [6.45, 7) is 4.39. The first-order chi connectivity index (χ1) is 14.2. The van der Waals surface area contributed by atoms with Gasteiger partial charge in [-0.25, -0.2) is 9.97 Å². The number of nitrogens with one attached hydrogen (secondary N) is 2. The molecule has 8 heteroatoms. The van der Waals surface area contributed by atoms with Gasteiger partial charge in [0.1, 0.15) is 11.8 Å². The van der Waals surface area contributed by atoms with E-state index in [0.717, 1.165) is 29.1 Å². The number of aliphatic hydroxyl groups excluding tert-OH is 1. The number of fused-ring (bicyclic) bond motifs is 1. The Hall–Kier alpha value is -2.42. The third-order valence-corrected chi connectivity index (χ3v) is 6.29. The van der Waals surface area contributed by atoms with Gasteiger partial charge in [0.2, 0.25) is 0 Å². The summed E-state index contributed by atoms with van der Waals surface area (Å²) in [4.78, 5) is 26.6. The van der Waals surface area contributed by atoms with Crippen LogP contribution in [0.2, 0.25) is 0 Å². The number of β-amino-alcohol motifs (C(OH)–C–C–N with tert-alkyl or cyclic N) is 1. The second-order valence-corrected chi connectivity index (χ2v) is 8.58. The van der Waals surface area contributed by atoms with E-state index in [-0.39, 0.29) is 12.0 Å². The van der Waals surface area contributed by atoms with Gasteiger partial charge in [0.15, 0.2) is 5.82 Å². The number of benzene rings is 1. The summed E-state index contributed by atoms with van der Waals surface area (Å²) in [6, 6.07) is 9.05. The van der Waals surface area contributed by atoms with Gasteiger partial charge in [0, 0.05) is 42.9 Å². The molecule has 1 aliphatic heterocycles. The van der Waals surface area contributed by atoms with Crippen molar-refractivity contribution in [1.29, 1.82) is 0 Å². The number of aliphatic hydroxyl groups is 1. The lowest BCUT2D eigenvalue weighted by molar-refractivity contribution is 0.102. The van der Waals surface area contributed by atoms with Crippen molar-refractivity contribution in [1.82, 2.24) is 19.9 Å². The van der Waals surface area contributed by atoms with Gasteiger partial charge in [0.05, 0.1) is 11.6 Å². The molecule has 0 aliphatic carbocycles. The number of thioether (sulfide) groups is 1. The maximum absolute atomic E-state index is 12.5. The van der Waals surface area contributed by atoms with Crippen LogP contribution in [-0.4, -0.2) is 61.6 Å². The number of carbonyl (C=O) groups is 1. The molecule has 2 aromatic heterocycles. The number of aromatic amines is 1. The summed E-state index contributed by atoms with van der Waals surface area (Å²) >= 11 is 1.87. The Kier molecular flexibility index (Phi) is 6.13. The zero-order chi connectivity index (χ0) is 20.2. The van der Waals surface area contributed by atoms with Crippen molar-refractivity contribution in [3.8, 4) is 0 Å². The predicted octanol–water partition coefficient (Wildman–Crippen LogP) is 2.76. The fourth-order valence-corrected chi connectivity index (χ4v) is 4.59. The minimum Gasteiger partial charge on any atom is -0.391 e. The van der Waals surface area contributed by atoms with Crippen LogP contribution in [0, 0.1) is 5.92 Å². The average molecular weight is 412 g/mol. The van der Waals surface area contributed by atoms with Crippen molar-refractivity contribution >= 4 is 34.5 Å². The quantitative estimate of drug-likeness (QED) is 0.553. The number of amides is 1. The molecular weight excluding hydrogens is 386 g/mol. The fraction of sp³-hybridized carbons (Fsp3) is 0.381. The maximum Gasteiger partial charge on any atom is 0.256 e. The van der Waals surface area contributed by atoms with Crippen LogP contribution < -0.4 is 5.32 Å². The summed E-state index contributed by atoms with van der Waals surface area (Å²) in [7, 11) is 0. The molecule has 0 saturated carbocycles. The molecule has 0 bridgehead atoms. The van der Waals surface area contributed by atoms with Gasteiger partial charge in [-0.1, -0.05) is 25.1 Å². The van der Waals surface area contributed by atoms with E-state index in [1.807, 2.05) is 36.2 Å². The molecule has 2 atom stereocenters. The minimum atomic E-state index is -0.283. The van der Waals surface area contributed by atoms with Crippen LogP contribution >= 0.6 is 11.8 Å². The number of hydrogen-bond donors (Lipinski definition) is 3. The molecule has 0 spiro atoms. The van der Waals surface area contributed by atoms with E-state index < -0.39 is 0 Å². The summed E-state index contributed by atoms with van der Waals surface area (Å²) in [6.07, 6.45) is 3.10. The summed E-state index contributed by atoms with van der Waals surface area (Å²) in [5.41, 5.74) is 3.12. The standard InChI is InChI=1S/C21H25N5O2S/c1-2-29-12-16-10-26(11-17(16)27)9-15-8-22-19-18(15)23-13-24-20(19)25-21(28)14-6-4-3-5-7-14/h3-8,13,16-17,22,27H,2,9-12H2,1H3,(H,23,24,25,28)/t16-,17+/m1/s1. The van der Waals surface area contributed by atoms with E-state index in [0.29, 0.717) is 35.9 Å². The molecule has 1 aromatic carbocycles. The lowest BCUT2D eigenvalue weighted by Gasteiger charge is -2.14. The Morgan fingerprint density at radius 3 is 2.93 bits per heavy atom. The molecule has 1 aliphatic rings. The number of H-pyrrole nitrogens is 1. The van der Waals surface area contributed by atoms with E-state index >= 15 is 0 Å². The number of likely N-dealkylation sites (tertiary alicyclic amines) is 1. The van der Waals surface area contributed by atoms with Crippen molar-refractivity contribution in [3.05, 3.63) is 54.0 Å². The van der Waals surface area contributed by atoms with E-state index in [1.54, 1.807) is 12.1 Å². The second-order valence-electron chi connectivity index (χ2n) is 7.26. The third kappa shape index (κ3) is 4.44. The number of rotatable bonds is 7. The minimum absolute atomic E-state index is 0.208. The molecule has 1 fully saturated rings. The Morgan fingerprint density at radius 2 is 2.14 bits per heavy atom. The van der Waals surface area contributed by atoms with Gasteiger partial charge in [-0.15, -0.1) is 0 Å². The van der Waals surface area contributed by atoms with Gasteiger partial charge >= 0.3 is 0 Å². The molecule has 152 valence electrons. The smallest absolute Gasteiger partial charge is 0.256 e. The largest absolute Gasteiger partial charge is 0.391 e. The first kappa shape index (κ1) is 19.9. The number of carbonyl (C=O) groups excluding carboxylic acids is 1. The van der Waals surface area contributed by atoms with Crippen LogP contribution in [0.1, 0.15) is 22.8 Å². The zero-order valence-corrected chi connectivity index (χ0v) is 17.2. The number of hydrogen-bond acceptors (Lipinski definition) is 6. The predicted molar refractivity (Wildman–Crippen MR) is 116 cm³/mol. The molecule has 3 heterocycles. The first-order valence-electron chi connectivity index (χ1n) is 9.81. The number of aromatic nitrogens is 3. The van der Waals surface area contributed by atoms with Crippen molar-refractivity contribution in [2.45, 2.75) is 19.6 Å². The van der Waals surface area contributed by atoms with Crippen molar-refractivity contribution < 1.29 is 9.90 Å². The molecule has 29 heavy (non-hydrogen) atoms. The van der Waals surface area contributed by atoms with Crippen molar-refractivity contribution in [2.75, 3.05) is 29.9 Å². The highest BCUT2D eigenvalue weighted by molar-refractivity contribution is 7.99.